The van der Waals surface area contributed by atoms with Crippen LogP contribution in [0.2, 0.25) is 0 Å². The molecule has 0 bridgehead atoms. The summed E-state index contributed by atoms with van der Waals surface area (Å²) >= 11 is 0. The van der Waals surface area contributed by atoms with Crippen LogP contribution in [-0.4, -0.2) is 19.4 Å². The van der Waals surface area contributed by atoms with Crippen LogP contribution in [0, 0.1) is 13.8 Å². The van der Waals surface area contributed by atoms with Gasteiger partial charge in [0.1, 0.15) is 11.5 Å². The SMILES string of the molecule is CCOc1ccc(OCNC(=O)Nc2ccc(C)c(C)c2)cc1. The van der Waals surface area contributed by atoms with Gasteiger partial charge in [-0.25, -0.2) is 4.79 Å². The van der Waals surface area contributed by atoms with Gasteiger partial charge < -0.3 is 20.1 Å². The Kier molecular flexibility index (Phi) is 5.86. The average molecular weight is 314 g/mol. The van der Waals surface area contributed by atoms with Gasteiger partial charge in [-0.2, -0.15) is 0 Å². The van der Waals surface area contributed by atoms with Crippen LogP contribution in [-0.2, 0) is 0 Å². The second kappa shape index (κ2) is 8.08. The number of carbonyl (C=O) groups excluding carboxylic acids is 1. The molecule has 0 spiro atoms. The number of aryl methyl sites for hydroxylation is 2. The molecule has 0 heterocycles. The standard InChI is InChI=1S/C18H22N2O3/c1-4-22-16-7-9-17(10-8-16)23-12-19-18(21)20-15-6-5-13(2)14(3)11-15/h5-11H,4,12H2,1-3H3,(H2,19,20,21). The molecule has 0 radical (unpaired) electrons. The third kappa shape index (κ3) is 5.21. The number of carbonyl (C=O) groups is 1. The number of urea groups is 1. The minimum atomic E-state index is -0.306. The lowest BCUT2D eigenvalue weighted by atomic mass is 10.1. The predicted molar refractivity (Wildman–Crippen MR) is 91.2 cm³/mol. The minimum absolute atomic E-state index is 0.0880. The van der Waals surface area contributed by atoms with Crippen LogP contribution in [0.1, 0.15) is 18.1 Å². The summed E-state index contributed by atoms with van der Waals surface area (Å²) in [4.78, 5) is 11.8. The summed E-state index contributed by atoms with van der Waals surface area (Å²) in [7, 11) is 0. The third-order valence-corrected chi connectivity index (χ3v) is 3.37. The van der Waals surface area contributed by atoms with Crippen LogP contribution < -0.4 is 20.1 Å². The van der Waals surface area contributed by atoms with Gasteiger partial charge in [0.15, 0.2) is 6.73 Å². The van der Waals surface area contributed by atoms with E-state index >= 15 is 0 Å². The molecule has 122 valence electrons. The van der Waals surface area contributed by atoms with Crippen molar-refractivity contribution in [2.75, 3.05) is 18.7 Å². The van der Waals surface area contributed by atoms with Gasteiger partial charge in [0.2, 0.25) is 0 Å². The maximum Gasteiger partial charge on any atom is 0.321 e. The van der Waals surface area contributed by atoms with E-state index in [1.807, 2.05) is 51.1 Å². The van der Waals surface area contributed by atoms with E-state index in [1.165, 1.54) is 5.56 Å². The van der Waals surface area contributed by atoms with Gasteiger partial charge in [0, 0.05) is 5.69 Å². The Morgan fingerprint density at radius 1 is 0.957 bits per heavy atom. The largest absolute Gasteiger partial charge is 0.494 e. The van der Waals surface area contributed by atoms with Crippen LogP contribution in [0.25, 0.3) is 0 Å². The van der Waals surface area contributed by atoms with Crippen molar-refractivity contribution in [3.8, 4) is 11.5 Å². The number of amides is 2. The summed E-state index contributed by atoms with van der Waals surface area (Å²) in [6.45, 7) is 6.69. The molecule has 23 heavy (non-hydrogen) atoms. The van der Waals surface area contributed by atoms with E-state index in [1.54, 1.807) is 12.1 Å². The highest BCUT2D eigenvalue weighted by molar-refractivity contribution is 5.89. The number of hydrogen-bond donors (Lipinski definition) is 2. The topological polar surface area (TPSA) is 59.6 Å². The van der Waals surface area contributed by atoms with Gasteiger partial charge in [-0.05, 0) is 68.3 Å². The maximum atomic E-state index is 11.8. The zero-order chi connectivity index (χ0) is 16.7. The van der Waals surface area contributed by atoms with Crippen molar-refractivity contribution < 1.29 is 14.3 Å². The zero-order valence-corrected chi connectivity index (χ0v) is 13.7. The van der Waals surface area contributed by atoms with Gasteiger partial charge in [-0.3, -0.25) is 0 Å². The molecule has 5 nitrogen and oxygen atoms in total. The van der Waals surface area contributed by atoms with Gasteiger partial charge in [0.05, 0.1) is 6.61 Å². The number of hydrogen-bond acceptors (Lipinski definition) is 3. The highest BCUT2D eigenvalue weighted by atomic mass is 16.5. The van der Waals surface area contributed by atoms with E-state index in [-0.39, 0.29) is 12.8 Å². The van der Waals surface area contributed by atoms with Crippen molar-refractivity contribution in [2.45, 2.75) is 20.8 Å². The molecule has 0 saturated carbocycles. The molecule has 2 aromatic carbocycles. The first-order chi connectivity index (χ1) is 11.1. The molecular formula is C18H22N2O3. The summed E-state index contributed by atoms with van der Waals surface area (Å²) in [5.41, 5.74) is 3.08. The highest BCUT2D eigenvalue weighted by Gasteiger charge is 2.03. The van der Waals surface area contributed by atoms with E-state index in [9.17, 15) is 4.79 Å². The fraction of sp³-hybridized carbons (Fsp3) is 0.278. The van der Waals surface area contributed by atoms with E-state index in [2.05, 4.69) is 10.6 Å². The molecule has 5 heteroatoms. The molecule has 0 aromatic heterocycles. The zero-order valence-electron chi connectivity index (χ0n) is 13.7. The molecule has 2 rings (SSSR count). The average Bonchev–Trinajstić information content (AvgIpc) is 2.53. The Labute approximate surface area is 136 Å². The smallest absolute Gasteiger partial charge is 0.321 e. The number of nitrogens with one attached hydrogen (secondary N) is 2. The van der Waals surface area contributed by atoms with Crippen LogP contribution in [0.15, 0.2) is 42.5 Å². The number of rotatable bonds is 6. The first-order valence-corrected chi connectivity index (χ1v) is 7.56. The van der Waals surface area contributed by atoms with Gasteiger partial charge in [-0.15, -0.1) is 0 Å². The molecule has 2 aromatic rings. The predicted octanol–water partition coefficient (Wildman–Crippen LogP) is 3.86. The second-order valence-electron chi connectivity index (χ2n) is 5.12. The van der Waals surface area contributed by atoms with E-state index in [0.717, 1.165) is 17.0 Å². The molecule has 0 fully saturated rings. The van der Waals surface area contributed by atoms with Crippen LogP contribution in [0.3, 0.4) is 0 Å². The van der Waals surface area contributed by atoms with Crippen molar-refractivity contribution in [1.82, 2.24) is 5.32 Å². The van der Waals surface area contributed by atoms with Crippen LogP contribution in [0.4, 0.5) is 10.5 Å². The van der Waals surface area contributed by atoms with Crippen LogP contribution in [0.5, 0.6) is 11.5 Å². The fourth-order valence-corrected chi connectivity index (χ4v) is 1.98. The van der Waals surface area contributed by atoms with Gasteiger partial charge >= 0.3 is 6.03 Å². The van der Waals surface area contributed by atoms with Crippen molar-refractivity contribution in [3.63, 3.8) is 0 Å². The van der Waals surface area contributed by atoms with E-state index < -0.39 is 0 Å². The summed E-state index contributed by atoms with van der Waals surface area (Å²) in [6, 6.07) is 12.7. The Balaban J connectivity index is 1.76. The summed E-state index contributed by atoms with van der Waals surface area (Å²) in [5, 5.41) is 5.42. The van der Waals surface area contributed by atoms with Crippen LogP contribution >= 0.6 is 0 Å². The van der Waals surface area contributed by atoms with Crippen molar-refractivity contribution in [2.24, 2.45) is 0 Å². The van der Waals surface area contributed by atoms with Gasteiger partial charge in [0.25, 0.3) is 0 Å². The van der Waals surface area contributed by atoms with Crippen molar-refractivity contribution >= 4 is 11.7 Å². The molecule has 0 aliphatic carbocycles. The first kappa shape index (κ1) is 16.7. The number of benzene rings is 2. The summed E-state index contributed by atoms with van der Waals surface area (Å²) < 4.78 is 10.8. The number of ether oxygens (including phenoxy) is 2. The molecular weight excluding hydrogens is 292 g/mol. The molecule has 0 unspecified atom stereocenters. The molecule has 0 aliphatic rings. The second-order valence-corrected chi connectivity index (χ2v) is 5.12. The first-order valence-electron chi connectivity index (χ1n) is 7.56. The highest BCUT2D eigenvalue weighted by Crippen LogP contribution is 2.17. The lowest BCUT2D eigenvalue weighted by Gasteiger charge is -2.11. The normalized spacial score (nSPS) is 10.0. The number of anilines is 1. The minimum Gasteiger partial charge on any atom is -0.494 e. The third-order valence-electron chi connectivity index (χ3n) is 3.37. The Bertz CT molecular complexity index is 654. The molecule has 2 N–H and O–H groups in total. The van der Waals surface area contributed by atoms with E-state index in [4.69, 9.17) is 9.47 Å². The lowest BCUT2D eigenvalue weighted by molar-refractivity contribution is 0.234. The van der Waals surface area contributed by atoms with E-state index in [0.29, 0.717) is 12.4 Å². The van der Waals surface area contributed by atoms with Crippen molar-refractivity contribution in [3.05, 3.63) is 53.6 Å². The molecule has 0 aliphatic heterocycles. The summed E-state index contributed by atoms with van der Waals surface area (Å²) in [5.74, 6) is 1.46. The molecule has 0 saturated heterocycles. The van der Waals surface area contributed by atoms with Crippen molar-refractivity contribution in [1.29, 1.82) is 0 Å². The Hall–Kier alpha value is -2.69. The maximum absolute atomic E-state index is 11.8. The quantitative estimate of drug-likeness (QED) is 0.796. The Morgan fingerprint density at radius 2 is 1.61 bits per heavy atom. The Morgan fingerprint density at radius 3 is 2.22 bits per heavy atom. The fourth-order valence-electron chi connectivity index (χ4n) is 1.98. The monoisotopic (exact) mass is 314 g/mol. The lowest BCUT2D eigenvalue weighted by Crippen LogP contribution is -2.32. The molecule has 2 amide bonds. The molecule has 0 atom stereocenters. The van der Waals surface area contributed by atoms with Gasteiger partial charge in [-0.1, -0.05) is 6.07 Å². The summed E-state index contributed by atoms with van der Waals surface area (Å²) in [6.07, 6.45) is 0.